The molecule has 0 unspecified atom stereocenters. The van der Waals surface area contributed by atoms with Crippen molar-refractivity contribution in [3.05, 3.63) is 29.6 Å². The van der Waals surface area contributed by atoms with E-state index in [2.05, 4.69) is 10.6 Å². The van der Waals surface area contributed by atoms with Crippen molar-refractivity contribution in [1.82, 2.24) is 5.32 Å². The molecule has 96 valence electrons. The number of anilines is 1. The van der Waals surface area contributed by atoms with Gasteiger partial charge in [-0.3, -0.25) is 9.59 Å². The summed E-state index contributed by atoms with van der Waals surface area (Å²) in [5.41, 5.74) is 1.38. The van der Waals surface area contributed by atoms with Gasteiger partial charge in [-0.2, -0.15) is 0 Å². The number of amides is 2. The Morgan fingerprint density at radius 3 is 3.06 bits per heavy atom. The fourth-order valence-electron chi connectivity index (χ4n) is 1.98. The highest BCUT2D eigenvalue weighted by Crippen LogP contribution is 2.22. The summed E-state index contributed by atoms with van der Waals surface area (Å²) in [6, 6.07) is 3.73. The van der Waals surface area contributed by atoms with Crippen LogP contribution in [-0.4, -0.2) is 17.9 Å². The number of carbonyl (C=O) groups excluding carboxylic acids is 2. The maximum atomic E-state index is 13.1. The predicted octanol–water partition coefficient (Wildman–Crippen LogP) is 1.61. The molecule has 1 heterocycles. The molecule has 0 aliphatic carbocycles. The van der Waals surface area contributed by atoms with Crippen molar-refractivity contribution in [3.8, 4) is 0 Å². The van der Waals surface area contributed by atoms with Gasteiger partial charge in [0.15, 0.2) is 0 Å². The van der Waals surface area contributed by atoms with E-state index in [9.17, 15) is 14.0 Å². The standard InChI is InChI=1S/C13H15FN2O2/c1-2-12(17)15-11-5-3-8-7-9(14)4-6-10(8)16-13(11)18/h4,6-7,11H,2-3,5H2,1H3,(H,15,17)(H,16,18)/t11-/m1/s1. The van der Waals surface area contributed by atoms with Gasteiger partial charge < -0.3 is 10.6 Å². The van der Waals surface area contributed by atoms with Gasteiger partial charge in [-0.1, -0.05) is 6.92 Å². The molecule has 2 N–H and O–H groups in total. The summed E-state index contributed by atoms with van der Waals surface area (Å²) in [7, 11) is 0. The van der Waals surface area contributed by atoms with Gasteiger partial charge in [-0.25, -0.2) is 4.39 Å². The van der Waals surface area contributed by atoms with Crippen molar-refractivity contribution in [2.75, 3.05) is 5.32 Å². The Balaban J connectivity index is 2.16. The minimum atomic E-state index is -0.548. The molecule has 2 rings (SSSR count). The highest BCUT2D eigenvalue weighted by Gasteiger charge is 2.24. The maximum Gasteiger partial charge on any atom is 0.246 e. The number of fused-ring (bicyclic) bond motifs is 1. The number of carbonyl (C=O) groups is 2. The molecule has 0 fully saturated rings. The van der Waals surface area contributed by atoms with Crippen LogP contribution in [0.5, 0.6) is 0 Å². The molecule has 0 spiro atoms. The van der Waals surface area contributed by atoms with Crippen molar-refractivity contribution in [3.63, 3.8) is 0 Å². The molecule has 0 radical (unpaired) electrons. The molecule has 4 nitrogen and oxygen atoms in total. The zero-order valence-electron chi connectivity index (χ0n) is 10.1. The van der Waals surface area contributed by atoms with Gasteiger partial charge in [-0.15, -0.1) is 0 Å². The van der Waals surface area contributed by atoms with Crippen LogP contribution in [0.25, 0.3) is 0 Å². The normalized spacial score (nSPS) is 18.6. The van der Waals surface area contributed by atoms with Gasteiger partial charge in [0.1, 0.15) is 11.9 Å². The molecule has 1 aromatic carbocycles. The molecule has 0 saturated heterocycles. The number of rotatable bonds is 2. The summed E-state index contributed by atoms with van der Waals surface area (Å²) in [6.07, 6.45) is 1.37. The lowest BCUT2D eigenvalue weighted by Gasteiger charge is -2.14. The van der Waals surface area contributed by atoms with Gasteiger partial charge in [0.25, 0.3) is 0 Å². The van der Waals surface area contributed by atoms with E-state index < -0.39 is 6.04 Å². The summed E-state index contributed by atoms with van der Waals surface area (Å²) in [5.74, 6) is -0.728. The number of benzene rings is 1. The van der Waals surface area contributed by atoms with E-state index in [1.165, 1.54) is 12.1 Å². The monoisotopic (exact) mass is 250 g/mol. The van der Waals surface area contributed by atoms with E-state index in [4.69, 9.17) is 0 Å². The average Bonchev–Trinajstić information content (AvgIpc) is 2.50. The first kappa shape index (κ1) is 12.5. The van der Waals surface area contributed by atoms with Crippen LogP contribution < -0.4 is 10.6 Å². The molecular formula is C13H15FN2O2. The van der Waals surface area contributed by atoms with Gasteiger partial charge >= 0.3 is 0 Å². The fourth-order valence-corrected chi connectivity index (χ4v) is 1.98. The van der Waals surface area contributed by atoms with Crippen LogP contribution in [0.2, 0.25) is 0 Å². The van der Waals surface area contributed by atoms with Crippen LogP contribution in [0, 0.1) is 5.82 Å². The largest absolute Gasteiger partial charge is 0.344 e. The Morgan fingerprint density at radius 2 is 2.33 bits per heavy atom. The van der Waals surface area contributed by atoms with Gasteiger partial charge in [-0.05, 0) is 36.6 Å². The number of nitrogens with one attached hydrogen (secondary N) is 2. The molecule has 0 bridgehead atoms. The van der Waals surface area contributed by atoms with Crippen LogP contribution in [0.4, 0.5) is 10.1 Å². The number of hydrogen-bond donors (Lipinski definition) is 2. The topological polar surface area (TPSA) is 58.2 Å². The Labute approximate surface area is 105 Å². The molecule has 0 aromatic heterocycles. The maximum absolute atomic E-state index is 13.1. The highest BCUT2D eigenvalue weighted by molar-refractivity contribution is 5.98. The second kappa shape index (κ2) is 5.16. The van der Waals surface area contributed by atoms with Crippen LogP contribution in [0.15, 0.2) is 18.2 Å². The molecule has 18 heavy (non-hydrogen) atoms. The first-order valence-corrected chi connectivity index (χ1v) is 5.99. The second-order valence-electron chi connectivity index (χ2n) is 4.30. The van der Waals surface area contributed by atoms with E-state index in [0.29, 0.717) is 24.9 Å². The average molecular weight is 250 g/mol. The number of halogens is 1. The predicted molar refractivity (Wildman–Crippen MR) is 65.6 cm³/mol. The van der Waals surface area contributed by atoms with Gasteiger partial charge in [0, 0.05) is 12.1 Å². The number of hydrogen-bond acceptors (Lipinski definition) is 2. The fraction of sp³-hybridized carbons (Fsp3) is 0.385. The quantitative estimate of drug-likeness (QED) is 0.837. The Hall–Kier alpha value is -1.91. The van der Waals surface area contributed by atoms with E-state index in [-0.39, 0.29) is 17.6 Å². The molecular weight excluding hydrogens is 235 g/mol. The lowest BCUT2D eigenvalue weighted by Crippen LogP contribution is -2.42. The summed E-state index contributed by atoms with van der Waals surface area (Å²) in [6.45, 7) is 1.73. The van der Waals surface area contributed by atoms with Gasteiger partial charge in [0.05, 0.1) is 0 Å². The Bertz CT molecular complexity index is 488. The zero-order chi connectivity index (χ0) is 13.1. The van der Waals surface area contributed by atoms with Crippen molar-refractivity contribution in [2.45, 2.75) is 32.2 Å². The van der Waals surface area contributed by atoms with Crippen molar-refractivity contribution < 1.29 is 14.0 Å². The molecule has 1 aliphatic heterocycles. The first-order chi connectivity index (χ1) is 8.60. The van der Waals surface area contributed by atoms with Crippen molar-refractivity contribution in [2.24, 2.45) is 0 Å². The lowest BCUT2D eigenvalue weighted by atomic mass is 10.1. The summed E-state index contributed by atoms with van der Waals surface area (Å²) >= 11 is 0. The van der Waals surface area contributed by atoms with Crippen LogP contribution >= 0.6 is 0 Å². The minimum absolute atomic E-state index is 0.160. The molecule has 1 aromatic rings. The summed E-state index contributed by atoms with van der Waals surface area (Å²) in [4.78, 5) is 23.2. The molecule has 2 amide bonds. The second-order valence-corrected chi connectivity index (χ2v) is 4.30. The summed E-state index contributed by atoms with van der Waals surface area (Å²) in [5, 5.41) is 5.37. The van der Waals surface area contributed by atoms with Crippen molar-refractivity contribution >= 4 is 17.5 Å². The summed E-state index contributed by atoms with van der Waals surface area (Å²) < 4.78 is 13.1. The van der Waals surface area contributed by atoms with Crippen molar-refractivity contribution in [1.29, 1.82) is 0 Å². The molecule has 5 heteroatoms. The zero-order valence-corrected chi connectivity index (χ0v) is 10.1. The SMILES string of the molecule is CCC(=O)N[C@@H]1CCc2cc(F)ccc2NC1=O. The molecule has 0 saturated carbocycles. The number of aryl methyl sites for hydroxylation is 1. The highest BCUT2D eigenvalue weighted by atomic mass is 19.1. The van der Waals surface area contributed by atoms with E-state index in [1.807, 2.05) is 0 Å². The van der Waals surface area contributed by atoms with Crippen LogP contribution in [0.3, 0.4) is 0 Å². The minimum Gasteiger partial charge on any atom is -0.344 e. The smallest absolute Gasteiger partial charge is 0.246 e. The van der Waals surface area contributed by atoms with Crippen LogP contribution in [-0.2, 0) is 16.0 Å². The van der Waals surface area contributed by atoms with E-state index >= 15 is 0 Å². The van der Waals surface area contributed by atoms with E-state index in [0.717, 1.165) is 5.56 Å². The molecule has 1 aliphatic rings. The molecule has 1 atom stereocenters. The van der Waals surface area contributed by atoms with Gasteiger partial charge in [0.2, 0.25) is 11.8 Å². The van der Waals surface area contributed by atoms with E-state index in [1.54, 1.807) is 13.0 Å². The third-order valence-electron chi connectivity index (χ3n) is 3.00. The Morgan fingerprint density at radius 1 is 1.56 bits per heavy atom. The van der Waals surface area contributed by atoms with Crippen LogP contribution in [0.1, 0.15) is 25.3 Å². The third kappa shape index (κ3) is 2.67. The lowest BCUT2D eigenvalue weighted by molar-refractivity contribution is -0.126. The third-order valence-corrected chi connectivity index (χ3v) is 3.00. The first-order valence-electron chi connectivity index (χ1n) is 5.99. The Kier molecular flexibility index (Phi) is 3.60.